The molecule has 0 aromatic carbocycles. The van der Waals surface area contributed by atoms with Gasteiger partial charge >= 0.3 is 12.2 Å². The molecule has 12 nitrogen and oxygen atoms in total. The Balaban J connectivity index is 0.000000687. The van der Waals surface area contributed by atoms with Crippen LogP contribution in [0.4, 0.5) is 21.0 Å². The van der Waals surface area contributed by atoms with Gasteiger partial charge in [0.25, 0.3) is 0 Å². The first kappa shape index (κ1) is 42.4. The van der Waals surface area contributed by atoms with Crippen LogP contribution in [-0.2, 0) is 29.1 Å². The molecule has 0 saturated heterocycles. The van der Waals surface area contributed by atoms with Crippen molar-refractivity contribution in [2.24, 2.45) is 0 Å². The lowest BCUT2D eigenvalue weighted by atomic mass is 10.2. The number of hydrogen-bond acceptors (Lipinski definition) is 8. The minimum absolute atomic E-state index is 0. The van der Waals surface area contributed by atoms with Gasteiger partial charge in [0.05, 0.1) is 19.7 Å². The standard InChI is InChI=1S/C13H17N3O2.C12H17BrN2O2.C8H9N3.CH4/c1-13(2,3)18-12(17)16(5)9-10-6-11(14-4)8-15-7-10;1-12(2,3)17-11(16)15(4)8-9-5-10(13)7-14-6-9;1-9-4-7-3-8(10-2)6-11-5-7;/h6-8H,9H2,1-3,5H3;5-7H,8H2,1-4H3;3,5-6,9H,4H2,1H3;1H4. The number of halogens is 1. The summed E-state index contributed by atoms with van der Waals surface area (Å²) in [6, 6.07) is 5.46. The normalized spacial score (nSPS) is 10.2. The van der Waals surface area contributed by atoms with Gasteiger partial charge in [0.1, 0.15) is 11.2 Å². The minimum atomic E-state index is -0.512. The molecule has 0 aliphatic carbocycles. The highest BCUT2D eigenvalue weighted by Gasteiger charge is 2.20. The van der Waals surface area contributed by atoms with Crippen LogP contribution >= 0.6 is 15.9 Å². The summed E-state index contributed by atoms with van der Waals surface area (Å²) >= 11 is 3.34. The lowest BCUT2D eigenvalue weighted by Gasteiger charge is -2.24. The SMILES string of the molecule is C.CN(Cc1cncc(Br)c1)C(=O)OC(C)(C)C.[C-]#[N+]c1cncc(CN(C)C(=O)OC(C)(C)C)c1.[C-]#[N+]c1cncc(CNC)c1. The first-order chi connectivity index (χ1) is 21.5. The molecule has 0 radical (unpaired) electrons. The first-order valence-electron chi connectivity index (χ1n) is 14.2. The van der Waals surface area contributed by atoms with E-state index in [9.17, 15) is 9.59 Å². The number of pyridine rings is 3. The third kappa shape index (κ3) is 18.9. The van der Waals surface area contributed by atoms with Gasteiger partial charge in [0.15, 0.2) is 0 Å². The summed E-state index contributed by atoms with van der Waals surface area (Å²) in [7, 11) is 5.22. The van der Waals surface area contributed by atoms with Crippen molar-refractivity contribution in [3.63, 3.8) is 0 Å². The summed E-state index contributed by atoms with van der Waals surface area (Å²) in [6.07, 6.45) is 9.15. The molecule has 3 heterocycles. The maximum absolute atomic E-state index is 11.7. The van der Waals surface area contributed by atoms with Crippen molar-refractivity contribution in [1.29, 1.82) is 0 Å². The number of carbonyl (C=O) groups excluding carboxylic acids is 2. The molecule has 2 amide bonds. The van der Waals surface area contributed by atoms with Gasteiger partial charge in [-0.2, -0.15) is 0 Å². The van der Waals surface area contributed by atoms with Gasteiger partial charge in [0, 0.05) is 68.8 Å². The van der Waals surface area contributed by atoms with Crippen molar-refractivity contribution in [2.75, 3.05) is 21.1 Å². The van der Waals surface area contributed by atoms with Crippen molar-refractivity contribution in [3.05, 3.63) is 99.4 Å². The van der Waals surface area contributed by atoms with Crippen LogP contribution in [0.2, 0.25) is 0 Å². The van der Waals surface area contributed by atoms with Gasteiger partial charge in [-0.1, -0.05) is 7.43 Å². The number of ether oxygens (including phenoxy) is 2. The number of nitrogens with one attached hydrogen (secondary N) is 1. The largest absolute Gasteiger partial charge is 0.444 e. The van der Waals surface area contributed by atoms with Crippen LogP contribution in [0.3, 0.4) is 0 Å². The van der Waals surface area contributed by atoms with E-state index in [4.69, 9.17) is 22.6 Å². The Kier molecular flexibility index (Phi) is 18.5. The molecule has 3 aromatic rings. The number of hydrogen-bond donors (Lipinski definition) is 1. The van der Waals surface area contributed by atoms with Gasteiger partial charge in [0.2, 0.25) is 11.4 Å². The van der Waals surface area contributed by atoms with Crippen LogP contribution in [0.25, 0.3) is 9.69 Å². The number of carbonyl (C=O) groups is 2. The maximum Gasteiger partial charge on any atom is 0.410 e. The lowest BCUT2D eigenvalue weighted by molar-refractivity contribution is 0.0275. The Morgan fingerprint density at radius 2 is 1.13 bits per heavy atom. The van der Waals surface area contributed by atoms with Gasteiger partial charge < -0.3 is 24.6 Å². The molecule has 0 unspecified atom stereocenters. The molecule has 47 heavy (non-hydrogen) atoms. The van der Waals surface area contributed by atoms with Crippen LogP contribution in [0, 0.1) is 13.1 Å². The zero-order chi connectivity index (χ0) is 34.9. The summed E-state index contributed by atoms with van der Waals surface area (Å²) in [4.78, 5) is 44.9. The molecular weight excluding hydrogens is 664 g/mol. The van der Waals surface area contributed by atoms with E-state index in [0.717, 1.165) is 27.7 Å². The topological polar surface area (TPSA) is 119 Å². The molecule has 0 fully saturated rings. The highest BCUT2D eigenvalue weighted by atomic mass is 79.9. The average molecular weight is 712 g/mol. The van der Waals surface area contributed by atoms with E-state index in [2.05, 4.69) is 45.9 Å². The summed E-state index contributed by atoms with van der Waals surface area (Å²) in [5, 5.41) is 2.99. The van der Waals surface area contributed by atoms with Crippen LogP contribution in [-0.4, -0.2) is 69.3 Å². The molecule has 3 aromatic heterocycles. The third-order valence-corrected chi connectivity index (χ3v) is 5.64. The van der Waals surface area contributed by atoms with Crippen molar-refractivity contribution < 1.29 is 19.1 Å². The van der Waals surface area contributed by atoms with Gasteiger partial charge in [-0.15, -0.1) is 0 Å². The fourth-order valence-electron chi connectivity index (χ4n) is 3.36. The van der Waals surface area contributed by atoms with Gasteiger partial charge in [-0.25, -0.2) is 19.3 Å². The second kappa shape index (κ2) is 20.5. The summed E-state index contributed by atoms with van der Waals surface area (Å²) in [5.41, 5.74) is 2.87. The van der Waals surface area contributed by atoms with E-state index in [1.165, 1.54) is 16.0 Å². The number of amides is 2. The van der Waals surface area contributed by atoms with E-state index >= 15 is 0 Å². The number of nitrogens with zero attached hydrogens (tertiary/aromatic N) is 7. The zero-order valence-electron chi connectivity index (χ0n) is 28.0. The fourth-order valence-corrected chi connectivity index (χ4v) is 3.77. The Bertz CT molecular complexity index is 1510. The molecule has 0 spiro atoms. The van der Waals surface area contributed by atoms with Crippen LogP contribution in [0.1, 0.15) is 65.7 Å². The second-order valence-electron chi connectivity index (χ2n) is 12.0. The summed E-state index contributed by atoms with van der Waals surface area (Å²) < 4.78 is 11.4. The first-order valence-corrected chi connectivity index (χ1v) is 15.0. The average Bonchev–Trinajstić information content (AvgIpc) is 2.96. The smallest absolute Gasteiger partial charge is 0.410 e. The molecule has 0 atom stereocenters. The van der Waals surface area contributed by atoms with E-state index in [-0.39, 0.29) is 13.5 Å². The van der Waals surface area contributed by atoms with Gasteiger partial charge in [-0.3, -0.25) is 15.0 Å². The minimum Gasteiger partial charge on any atom is -0.444 e. The molecule has 0 aliphatic heterocycles. The number of aromatic nitrogens is 3. The predicted octanol–water partition coefficient (Wildman–Crippen LogP) is 8.20. The third-order valence-electron chi connectivity index (χ3n) is 5.21. The van der Waals surface area contributed by atoms with Gasteiger partial charge in [-0.05, 0) is 99.4 Å². The van der Waals surface area contributed by atoms with Crippen molar-refractivity contribution in [1.82, 2.24) is 30.1 Å². The van der Waals surface area contributed by atoms with Crippen LogP contribution in [0.15, 0.2) is 59.9 Å². The second-order valence-corrected chi connectivity index (χ2v) is 13.0. The van der Waals surface area contributed by atoms with Crippen molar-refractivity contribution >= 4 is 39.5 Å². The summed E-state index contributed by atoms with van der Waals surface area (Å²) in [5.74, 6) is 0. The molecule has 3 rings (SSSR count). The molecule has 0 saturated carbocycles. The Morgan fingerprint density at radius 3 is 1.51 bits per heavy atom. The molecule has 0 aliphatic rings. The van der Waals surface area contributed by atoms with Crippen LogP contribution < -0.4 is 5.32 Å². The van der Waals surface area contributed by atoms with Crippen molar-refractivity contribution in [2.45, 2.75) is 79.8 Å². The highest BCUT2D eigenvalue weighted by Crippen LogP contribution is 2.16. The maximum atomic E-state index is 11.7. The Labute approximate surface area is 288 Å². The van der Waals surface area contributed by atoms with E-state index in [1.807, 2.05) is 60.7 Å². The molecular formula is C34H47BrN8O4. The number of rotatable bonds is 6. The van der Waals surface area contributed by atoms with E-state index in [1.54, 1.807) is 51.1 Å². The van der Waals surface area contributed by atoms with Crippen LogP contribution in [0.5, 0.6) is 0 Å². The highest BCUT2D eigenvalue weighted by molar-refractivity contribution is 9.10. The molecule has 1 N–H and O–H groups in total. The zero-order valence-corrected chi connectivity index (χ0v) is 29.5. The summed E-state index contributed by atoms with van der Waals surface area (Å²) in [6.45, 7) is 26.2. The molecule has 254 valence electrons. The lowest BCUT2D eigenvalue weighted by Crippen LogP contribution is -2.33. The monoisotopic (exact) mass is 710 g/mol. The quantitative estimate of drug-likeness (QED) is 0.254. The fraction of sp³-hybridized carbons (Fsp3) is 0.441. The molecule has 0 bridgehead atoms. The predicted molar refractivity (Wildman–Crippen MR) is 188 cm³/mol. The van der Waals surface area contributed by atoms with Crippen molar-refractivity contribution in [3.8, 4) is 0 Å². The van der Waals surface area contributed by atoms with E-state index < -0.39 is 17.3 Å². The van der Waals surface area contributed by atoms with E-state index in [0.29, 0.717) is 24.5 Å². The molecule has 13 heteroatoms. The Morgan fingerprint density at radius 1 is 0.745 bits per heavy atom. The Hall–Kier alpha value is -4.59.